The van der Waals surface area contributed by atoms with E-state index in [1.165, 1.54) is 9.36 Å². The Kier molecular flexibility index (Phi) is 5.05. The minimum Gasteiger partial charge on any atom is -0.545 e. The van der Waals surface area contributed by atoms with Crippen LogP contribution in [0.5, 0.6) is 0 Å². The van der Waals surface area contributed by atoms with Crippen LogP contribution in [0.3, 0.4) is 0 Å². The van der Waals surface area contributed by atoms with E-state index in [2.05, 4.69) is 5.32 Å². The van der Waals surface area contributed by atoms with Gasteiger partial charge in [-0.2, -0.15) is 0 Å². The molecular formula is C20H15N3O6-2. The first-order chi connectivity index (χ1) is 13.7. The summed E-state index contributed by atoms with van der Waals surface area (Å²) in [7, 11) is 1.63. The van der Waals surface area contributed by atoms with Gasteiger partial charge in [-0.3, -0.25) is 14.3 Å². The molecule has 0 saturated heterocycles. The third-order valence-corrected chi connectivity index (χ3v) is 4.51. The largest absolute Gasteiger partial charge is 0.545 e. The number of hydrogen-bond acceptors (Lipinski definition) is 6. The molecule has 1 N–H and O–H groups in total. The number of carboxylic acids is 2. The van der Waals surface area contributed by atoms with Gasteiger partial charge in [0, 0.05) is 18.2 Å². The van der Waals surface area contributed by atoms with Gasteiger partial charge in [0.25, 0.3) is 11.5 Å². The second-order valence-electron chi connectivity index (χ2n) is 6.23. The van der Waals surface area contributed by atoms with Crippen LogP contribution < -0.4 is 21.1 Å². The van der Waals surface area contributed by atoms with E-state index in [1.807, 2.05) is 0 Å². The summed E-state index contributed by atoms with van der Waals surface area (Å²) in [5.41, 5.74) is -0.965. The lowest BCUT2D eigenvalue weighted by atomic mass is 10.0. The van der Waals surface area contributed by atoms with Crippen LogP contribution in [0.2, 0.25) is 0 Å². The molecule has 0 aliphatic carbocycles. The molecule has 0 aliphatic heterocycles. The summed E-state index contributed by atoms with van der Waals surface area (Å²) in [4.78, 5) is 47.9. The van der Waals surface area contributed by atoms with Crippen molar-refractivity contribution < 1.29 is 24.6 Å². The van der Waals surface area contributed by atoms with Crippen molar-refractivity contribution in [2.45, 2.75) is 6.92 Å². The summed E-state index contributed by atoms with van der Waals surface area (Å²) in [6.07, 6.45) is 0. The molecule has 0 bridgehead atoms. The first kappa shape index (κ1) is 19.6. The Morgan fingerprint density at radius 2 is 1.59 bits per heavy atom. The lowest BCUT2D eigenvalue weighted by molar-refractivity contribution is -0.256. The summed E-state index contributed by atoms with van der Waals surface area (Å²) in [5.74, 6) is -4.20. The third kappa shape index (κ3) is 3.53. The zero-order valence-corrected chi connectivity index (χ0v) is 15.5. The highest BCUT2D eigenvalue weighted by atomic mass is 16.4. The molecule has 29 heavy (non-hydrogen) atoms. The number of nitrogens with one attached hydrogen (secondary N) is 1. The van der Waals surface area contributed by atoms with E-state index in [0.29, 0.717) is 11.4 Å². The van der Waals surface area contributed by atoms with E-state index in [0.717, 1.165) is 18.2 Å². The summed E-state index contributed by atoms with van der Waals surface area (Å²) < 4.78 is 2.87. The molecule has 3 rings (SSSR count). The number of benzene rings is 2. The first-order valence-corrected chi connectivity index (χ1v) is 8.44. The molecular weight excluding hydrogens is 378 g/mol. The molecule has 0 saturated carbocycles. The van der Waals surface area contributed by atoms with Gasteiger partial charge >= 0.3 is 0 Å². The first-order valence-electron chi connectivity index (χ1n) is 8.44. The average molecular weight is 393 g/mol. The standard InChI is InChI=1S/C20H17N3O6/c1-11-16(18(25)23(22(11)2)13-6-4-3-5-7-13)21-17(24)15-10-12(19(26)27)8-9-14(15)20(28)29/h3-10H,1-2H3,(H,21,24)(H,26,27)(H,28,29)/p-2. The van der Waals surface area contributed by atoms with Crippen molar-refractivity contribution in [2.24, 2.45) is 7.05 Å². The highest BCUT2D eigenvalue weighted by Crippen LogP contribution is 2.17. The van der Waals surface area contributed by atoms with Crippen molar-refractivity contribution >= 4 is 23.5 Å². The Bertz CT molecular complexity index is 1190. The summed E-state index contributed by atoms with van der Waals surface area (Å²) >= 11 is 0. The van der Waals surface area contributed by atoms with Gasteiger partial charge in [0.15, 0.2) is 0 Å². The Balaban J connectivity index is 2.07. The van der Waals surface area contributed by atoms with Crippen molar-refractivity contribution in [2.75, 3.05) is 5.32 Å². The van der Waals surface area contributed by atoms with E-state index in [4.69, 9.17) is 0 Å². The topological polar surface area (TPSA) is 136 Å². The molecule has 9 nitrogen and oxygen atoms in total. The molecule has 0 aliphatic rings. The number of carbonyl (C=O) groups is 3. The molecule has 3 aromatic rings. The van der Waals surface area contributed by atoms with Gasteiger partial charge in [0.2, 0.25) is 0 Å². The fourth-order valence-corrected chi connectivity index (χ4v) is 2.93. The van der Waals surface area contributed by atoms with Crippen LogP contribution in [-0.2, 0) is 7.05 Å². The Morgan fingerprint density at radius 1 is 0.931 bits per heavy atom. The number of hydrogen-bond donors (Lipinski definition) is 1. The molecule has 1 amide bonds. The molecule has 0 spiro atoms. The van der Waals surface area contributed by atoms with Crippen LogP contribution >= 0.6 is 0 Å². The molecule has 1 aromatic heterocycles. The van der Waals surface area contributed by atoms with E-state index < -0.39 is 34.5 Å². The molecule has 0 fully saturated rings. The number of nitrogens with zero attached hydrogens (tertiary/aromatic N) is 2. The smallest absolute Gasteiger partial charge is 0.295 e. The van der Waals surface area contributed by atoms with Gasteiger partial charge in [-0.05, 0) is 30.7 Å². The minimum absolute atomic E-state index is 0.0653. The quantitative estimate of drug-likeness (QED) is 0.618. The lowest BCUT2D eigenvalue weighted by Gasteiger charge is -2.13. The van der Waals surface area contributed by atoms with Gasteiger partial charge in [-0.25, -0.2) is 4.68 Å². The summed E-state index contributed by atoms with van der Waals surface area (Å²) in [5, 5.41) is 24.8. The molecule has 0 atom stereocenters. The number of para-hydroxylation sites is 1. The predicted octanol–water partition coefficient (Wildman–Crippen LogP) is -0.536. The van der Waals surface area contributed by atoms with Gasteiger partial charge in [-0.15, -0.1) is 0 Å². The van der Waals surface area contributed by atoms with Gasteiger partial charge in [-0.1, -0.05) is 30.3 Å². The van der Waals surface area contributed by atoms with E-state index in [9.17, 15) is 29.4 Å². The number of aromatic carboxylic acids is 2. The molecule has 148 valence electrons. The van der Waals surface area contributed by atoms with Crippen molar-refractivity contribution in [3.8, 4) is 5.69 Å². The Hall–Kier alpha value is -4.14. The zero-order chi connectivity index (χ0) is 21.3. The van der Waals surface area contributed by atoms with Crippen molar-refractivity contribution in [1.29, 1.82) is 0 Å². The average Bonchev–Trinajstić information content (AvgIpc) is 2.91. The van der Waals surface area contributed by atoms with Crippen LogP contribution in [0, 0.1) is 6.92 Å². The second-order valence-corrected chi connectivity index (χ2v) is 6.23. The Morgan fingerprint density at radius 3 is 2.17 bits per heavy atom. The maximum absolute atomic E-state index is 12.9. The summed E-state index contributed by atoms with van der Waals surface area (Å²) in [6.45, 7) is 1.60. The van der Waals surface area contributed by atoms with Gasteiger partial charge < -0.3 is 25.1 Å². The van der Waals surface area contributed by atoms with Crippen molar-refractivity contribution in [1.82, 2.24) is 9.36 Å². The highest BCUT2D eigenvalue weighted by molar-refractivity contribution is 6.11. The monoisotopic (exact) mass is 393 g/mol. The van der Waals surface area contributed by atoms with Crippen LogP contribution in [0.15, 0.2) is 53.3 Å². The number of rotatable bonds is 5. The molecule has 9 heteroatoms. The summed E-state index contributed by atoms with van der Waals surface area (Å²) in [6, 6.07) is 11.5. The zero-order valence-electron chi connectivity index (χ0n) is 15.5. The van der Waals surface area contributed by atoms with E-state index in [1.54, 1.807) is 44.3 Å². The van der Waals surface area contributed by atoms with Crippen LogP contribution in [0.1, 0.15) is 36.8 Å². The number of anilines is 1. The van der Waals surface area contributed by atoms with Gasteiger partial charge in [0.05, 0.1) is 23.3 Å². The fourth-order valence-electron chi connectivity index (χ4n) is 2.93. The van der Waals surface area contributed by atoms with Crippen LogP contribution in [-0.4, -0.2) is 27.2 Å². The van der Waals surface area contributed by atoms with Crippen LogP contribution in [0.25, 0.3) is 5.69 Å². The second kappa shape index (κ2) is 7.47. The molecule has 1 heterocycles. The van der Waals surface area contributed by atoms with Crippen LogP contribution in [0.4, 0.5) is 5.69 Å². The highest BCUT2D eigenvalue weighted by Gasteiger charge is 2.21. The number of carboxylic acid groups (broad SMARTS) is 2. The van der Waals surface area contributed by atoms with Crippen molar-refractivity contribution in [3.05, 3.63) is 81.3 Å². The molecule has 0 unspecified atom stereocenters. The number of aromatic nitrogens is 2. The van der Waals surface area contributed by atoms with Gasteiger partial charge in [0.1, 0.15) is 5.69 Å². The third-order valence-electron chi connectivity index (χ3n) is 4.51. The maximum Gasteiger partial charge on any atom is 0.295 e. The predicted molar refractivity (Wildman–Crippen MR) is 98.8 cm³/mol. The SMILES string of the molecule is Cc1c(NC(=O)c2cc(C(=O)[O-])ccc2C(=O)[O-])c(=O)n(-c2ccccc2)n1C. The molecule has 0 radical (unpaired) electrons. The normalized spacial score (nSPS) is 10.6. The number of amides is 1. The van der Waals surface area contributed by atoms with Crippen molar-refractivity contribution in [3.63, 3.8) is 0 Å². The lowest BCUT2D eigenvalue weighted by Crippen LogP contribution is -2.29. The fraction of sp³-hybridized carbons (Fsp3) is 0.100. The maximum atomic E-state index is 12.9. The number of carbonyl (C=O) groups excluding carboxylic acids is 3. The van der Waals surface area contributed by atoms with E-state index in [-0.39, 0.29) is 11.3 Å². The Labute approximate surface area is 164 Å². The minimum atomic E-state index is -1.66. The van der Waals surface area contributed by atoms with E-state index >= 15 is 0 Å². The molecule has 2 aromatic carbocycles.